The largest absolute Gasteiger partial charge is 0.343 e. The van der Waals surface area contributed by atoms with E-state index in [1.165, 1.54) is 0 Å². The highest BCUT2D eigenvalue weighted by Gasteiger charge is 2.13. The van der Waals surface area contributed by atoms with Gasteiger partial charge in [0.25, 0.3) is 5.91 Å². The highest BCUT2D eigenvalue weighted by Crippen LogP contribution is 2.19. The number of allylic oxidation sites excluding steroid dienone is 1. The summed E-state index contributed by atoms with van der Waals surface area (Å²) in [5.41, 5.74) is 2.29. The first kappa shape index (κ1) is 15.4. The van der Waals surface area contributed by atoms with Crippen LogP contribution in [0.4, 0.5) is 0 Å². The average molecular weight is 371 g/mol. The monoisotopic (exact) mass is 370 g/mol. The van der Waals surface area contributed by atoms with Crippen LogP contribution in [0.3, 0.4) is 0 Å². The number of carbonyl (C=O) groups excluding carboxylic acids is 1. The maximum absolute atomic E-state index is 12.1. The van der Waals surface area contributed by atoms with Crippen molar-refractivity contribution in [2.45, 2.75) is 13.1 Å². The van der Waals surface area contributed by atoms with E-state index in [2.05, 4.69) is 37.8 Å². The van der Waals surface area contributed by atoms with Crippen molar-refractivity contribution in [1.29, 1.82) is 0 Å². The first-order valence-corrected chi connectivity index (χ1v) is 7.91. The van der Waals surface area contributed by atoms with Gasteiger partial charge in [-0.15, -0.1) is 0 Å². The summed E-state index contributed by atoms with van der Waals surface area (Å²) in [6.45, 7) is 4.81. The Kier molecular flexibility index (Phi) is 4.52. The lowest BCUT2D eigenvalue weighted by Crippen LogP contribution is -2.25. The van der Waals surface area contributed by atoms with Crippen molar-refractivity contribution in [3.05, 3.63) is 71.2 Å². The molecule has 23 heavy (non-hydrogen) atoms. The van der Waals surface area contributed by atoms with E-state index in [-0.39, 0.29) is 5.91 Å². The molecule has 1 amide bonds. The Morgan fingerprint density at radius 3 is 2.74 bits per heavy atom. The van der Waals surface area contributed by atoms with E-state index in [4.69, 9.17) is 0 Å². The fourth-order valence-corrected chi connectivity index (χ4v) is 2.61. The van der Waals surface area contributed by atoms with E-state index in [1.807, 2.05) is 28.8 Å². The van der Waals surface area contributed by atoms with Crippen LogP contribution in [0.1, 0.15) is 16.3 Å². The maximum atomic E-state index is 12.1. The highest BCUT2D eigenvalue weighted by atomic mass is 79.9. The van der Waals surface area contributed by atoms with Gasteiger partial charge >= 0.3 is 0 Å². The van der Waals surface area contributed by atoms with E-state index in [1.54, 1.807) is 24.4 Å². The minimum absolute atomic E-state index is 0.220. The molecule has 0 atom stereocenters. The van der Waals surface area contributed by atoms with Crippen LogP contribution in [0.15, 0.2) is 59.7 Å². The molecule has 0 saturated carbocycles. The predicted molar refractivity (Wildman–Crippen MR) is 93.2 cm³/mol. The molecule has 5 nitrogen and oxygen atoms in total. The number of nitrogens with zero attached hydrogens (tertiary/aromatic N) is 3. The molecular weight excluding hydrogens is 356 g/mol. The van der Waals surface area contributed by atoms with Gasteiger partial charge in [0.05, 0.1) is 24.1 Å². The minimum Gasteiger partial charge on any atom is -0.343 e. The van der Waals surface area contributed by atoms with E-state index in [0.29, 0.717) is 18.8 Å². The van der Waals surface area contributed by atoms with Crippen molar-refractivity contribution in [3.63, 3.8) is 0 Å². The van der Waals surface area contributed by atoms with Crippen LogP contribution in [0, 0.1) is 0 Å². The summed E-state index contributed by atoms with van der Waals surface area (Å²) >= 11 is 3.39. The van der Waals surface area contributed by atoms with Gasteiger partial charge in [-0.05, 0) is 24.3 Å². The number of imidazole rings is 1. The molecule has 0 aliphatic rings. The Morgan fingerprint density at radius 1 is 1.22 bits per heavy atom. The molecule has 3 aromatic rings. The van der Waals surface area contributed by atoms with Gasteiger partial charge in [-0.25, -0.2) is 4.98 Å². The molecule has 6 heteroatoms. The molecule has 1 N–H and O–H groups in total. The fraction of sp³-hybridized carbons (Fsp3) is 0.118. The molecule has 0 spiro atoms. The van der Waals surface area contributed by atoms with Gasteiger partial charge in [0.15, 0.2) is 0 Å². The number of benzene rings is 1. The van der Waals surface area contributed by atoms with E-state index < -0.39 is 0 Å². The van der Waals surface area contributed by atoms with Crippen LogP contribution in [-0.2, 0) is 13.1 Å². The number of pyridine rings is 1. The summed E-state index contributed by atoms with van der Waals surface area (Å²) in [6.07, 6.45) is 1.60. The Labute approximate surface area is 142 Å². The van der Waals surface area contributed by atoms with Crippen LogP contribution < -0.4 is 5.32 Å². The first-order valence-electron chi connectivity index (χ1n) is 7.12. The van der Waals surface area contributed by atoms with E-state index >= 15 is 0 Å². The SMILES string of the molecule is C=C(Br)Cn1c(CNC(=O)c2ccccn2)nc2ccccc21. The lowest BCUT2D eigenvalue weighted by Gasteiger charge is -2.09. The number of fused-ring (bicyclic) bond motifs is 1. The molecule has 0 aliphatic carbocycles. The minimum atomic E-state index is -0.220. The number of para-hydroxylation sites is 2. The van der Waals surface area contributed by atoms with Crippen molar-refractivity contribution in [2.24, 2.45) is 0 Å². The summed E-state index contributed by atoms with van der Waals surface area (Å²) in [6, 6.07) is 13.1. The normalized spacial score (nSPS) is 10.7. The highest BCUT2D eigenvalue weighted by molar-refractivity contribution is 9.11. The molecule has 116 valence electrons. The number of amides is 1. The quantitative estimate of drug-likeness (QED) is 0.749. The number of aromatic nitrogens is 3. The summed E-state index contributed by atoms with van der Waals surface area (Å²) < 4.78 is 2.88. The summed E-state index contributed by atoms with van der Waals surface area (Å²) in [7, 11) is 0. The number of carbonyl (C=O) groups is 1. The first-order chi connectivity index (χ1) is 11.1. The summed E-state index contributed by atoms with van der Waals surface area (Å²) in [4.78, 5) is 20.8. The zero-order valence-corrected chi connectivity index (χ0v) is 14.0. The lowest BCUT2D eigenvalue weighted by atomic mass is 10.3. The number of nitrogens with one attached hydrogen (secondary N) is 1. The number of hydrogen-bond acceptors (Lipinski definition) is 3. The molecule has 0 bridgehead atoms. The predicted octanol–water partition coefficient (Wildman–Crippen LogP) is 3.27. The van der Waals surface area contributed by atoms with Gasteiger partial charge in [-0.2, -0.15) is 0 Å². The van der Waals surface area contributed by atoms with Gasteiger partial charge in [0.2, 0.25) is 0 Å². The molecule has 0 aliphatic heterocycles. The average Bonchev–Trinajstić information content (AvgIpc) is 2.91. The Bertz CT molecular complexity index is 857. The molecular formula is C17H15BrN4O. The van der Waals surface area contributed by atoms with Crippen molar-refractivity contribution in [2.75, 3.05) is 0 Å². The third-order valence-electron chi connectivity index (χ3n) is 3.37. The van der Waals surface area contributed by atoms with Crippen molar-refractivity contribution >= 4 is 32.9 Å². The van der Waals surface area contributed by atoms with Gasteiger partial charge < -0.3 is 9.88 Å². The van der Waals surface area contributed by atoms with Crippen molar-refractivity contribution < 1.29 is 4.79 Å². The van der Waals surface area contributed by atoms with Gasteiger partial charge in [0, 0.05) is 10.7 Å². The van der Waals surface area contributed by atoms with Crippen LogP contribution in [0.2, 0.25) is 0 Å². The zero-order valence-electron chi connectivity index (χ0n) is 12.4. The van der Waals surface area contributed by atoms with E-state index in [9.17, 15) is 4.79 Å². The van der Waals surface area contributed by atoms with Gasteiger partial charge in [-0.1, -0.05) is 40.7 Å². The molecule has 2 heterocycles. The topological polar surface area (TPSA) is 59.8 Å². The second kappa shape index (κ2) is 6.75. The maximum Gasteiger partial charge on any atom is 0.270 e. The third kappa shape index (κ3) is 3.48. The molecule has 2 aromatic heterocycles. The molecule has 1 aromatic carbocycles. The second-order valence-electron chi connectivity index (χ2n) is 5.02. The fourth-order valence-electron chi connectivity index (χ4n) is 2.36. The van der Waals surface area contributed by atoms with Crippen molar-refractivity contribution in [3.8, 4) is 0 Å². The molecule has 3 rings (SSSR count). The third-order valence-corrected chi connectivity index (χ3v) is 3.62. The molecule has 0 unspecified atom stereocenters. The van der Waals surface area contributed by atoms with Crippen LogP contribution in [0.5, 0.6) is 0 Å². The van der Waals surface area contributed by atoms with Crippen LogP contribution in [0.25, 0.3) is 11.0 Å². The molecule has 0 fully saturated rings. The second-order valence-corrected chi connectivity index (χ2v) is 6.14. The molecule has 0 radical (unpaired) electrons. The number of rotatable bonds is 5. The van der Waals surface area contributed by atoms with Gasteiger partial charge in [0.1, 0.15) is 11.5 Å². The van der Waals surface area contributed by atoms with Crippen molar-refractivity contribution in [1.82, 2.24) is 19.9 Å². The smallest absolute Gasteiger partial charge is 0.270 e. The summed E-state index contributed by atoms with van der Waals surface area (Å²) in [5.74, 6) is 0.554. The standard InChI is InChI=1S/C17H15BrN4O/c1-12(18)11-22-15-8-3-2-6-13(15)21-16(22)10-20-17(23)14-7-4-5-9-19-14/h2-9H,1,10-11H2,(H,20,23). The van der Waals surface area contributed by atoms with E-state index in [0.717, 1.165) is 21.3 Å². The van der Waals surface area contributed by atoms with Gasteiger partial charge in [-0.3, -0.25) is 9.78 Å². The van der Waals surface area contributed by atoms with Crippen LogP contribution >= 0.6 is 15.9 Å². The zero-order chi connectivity index (χ0) is 16.2. The summed E-state index contributed by atoms with van der Waals surface area (Å²) in [5, 5.41) is 2.86. The molecule has 0 saturated heterocycles. The number of hydrogen-bond donors (Lipinski definition) is 1. The van der Waals surface area contributed by atoms with Crippen LogP contribution in [-0.4, -0.2) is 20.4 Å². The Balaban J connectivity index is 1.84. The number of halogens is 1. The lowest BCUT2D eigenvalue weighted by molar-refractivity contribution is 0.0944. The Hall–Kier alpha value is -2.47. The Morgan fingerprint density at radius 2 is 2.00 bits per heavy atom.